The van der Waals surface area contributed by atoms with E-state index in [4.69, 9.17) is 5.11 Å². The molecule has 0 aliphatic rings. The van der Waals surface area contributed by atoms with E-state index in [2.05, 4.69) is 10.6 Å². The first-order valence-electron chi connectivity index (χ1n) is 6.37. The van der Waals surface area contributed by atoms with Crippen molar-refractivity contribution in [3.8, 4) is 0 Å². The second kappa shape index (κ2) is 6.43. The van der Waals surface area contributed by atoms with Crippen LogP contribution in [-0.2, 0) is 14.6 Å². The van der Waals surface area contributed by atoms with Gasteiger partial charge in [0.05, 0.1) is 10.5 Å². The normalized spacial score (nSPS) is 15.2. The van der Waals surface area contributed by atoms with E-state index in [-0.39, 0.29) is 18.7 Å². The van der Waals surface area contributed by atoms with Crippen LogP contribution in [0.4, 0.5) is 4.79 Å². The summed E-state index contributed by atoms with van der Waals surface area (Å²) in [6.45, 7) is 7.72. The summed E-state index contributed by atoms with van der Waals surface area (Å²) in [4.78, 5) is 22.6. The number of carboxylic acid groups (broad SMARTS) is 1. The van der Waals surface area contributed by atoms with Crippen molar-refractivity contribution in [2.45, 2.75) is 51.3 Å². The highest BCUT2D eigenvalue weighted by Gasteiger charge is 2.33. The number of sulfone groups is 1. The van der Waals surface area contributed by atoms with Crippen molar-refractivity contribution in [1.82, 2.24) is 10.6 Å². The molecule has 0 aliphatic carbocycles. The summed E-state index contributed by atoms with van der Waals surface area (Å²) < 4.78 is 22.8. The lowest BCUT2D eigenvalue weighted by Crippen LogP contribution is -2.55. The predicted octanol–water partition coefficient (Wildman–Crippen LogP) is 0.752. The molecule has 0 fully saturated rings. The van der Waals surface area contributed by atoms with Crippen LogP contribution in [0.25, 0.3) is 0 Å². The fourth-order valence-corrected chi connectivity index (χ4v) is 2.18. The molecule has 0 saturated carbocycles. The van der Waals surface area contributed by atoms with E-state index < -0.39 is 32.1 Å². The molecule has 0 saturated heterocycles. The molecule has 7 nitrogen and oxygen atoms in total. The monoisotopic (exact) mass is 308 g/mol. The molecule has 0 aromatic carbocycles. The van der Waals surface area contributed by atoms with E-state index in [0.29, 0.717) is 0 Å². The fraction of sp³-hybridized carbons (Fsp3) is 0.833. The maximum absolute atomic E-state index is 11.8. The standard InChI is InChI=1S/C12H24N2O5S/c1-6-12(5,9(15)16)14-10(17)13-7-8-20(18,19)11(2,3)4/h6-8H2,1-5H3,(H,15,16)(H2,13,14,17). The van der Waals surface area contributed by atoms with Crippen LogP contribution in [-0.4, -0.2) is 48.1 Å². The number of hydrogen-bond acceptors (Lipinski definition) is 4. The van der Waals surface area contributed by atoms with Crippen LogP contribution in [0.15, 0.2) is 0 Å². The summed E-state index contributed by atoms with van der Waals surface area (Å²) in [7, 11) is -3.32. The minimum absolute atomic E-state index is 0.0646. The van der Waals surface area contributed by atoms with E-state index in [1.807, 2.05) is 0 Å². The Bertz CT molecular complexity index is 467. The molecule has 1 atom stereocenters. The zero-order valence-corrected chi connectivity index (χ0v) is 13.4. The minimum atomic E-state index is -3.32. The van der Waals surface area contributed by atoms with E-state index in [1.54, 1.807) is 27.7 Å². The molecule has 0 aromatic rings. The lowest BCUT2D eigenvalue weighted by Gasteiger charge is -2.25. The zero-order chi connectivity index (χ0) is 16.2. The van der Waals surface area contributed by atoms with Crippen molar-refractivity contribution in [3.63, 3.8) is 0 Å². The van der Waals surface area contributed by atoms with E-state index in [1.165, 1.54) is 6.92 Å². The second-order valence-electron chi connectivity index (χ2n) is 5.80. The number of aliphatic carboxylic acids is 1. The van der Waals surface area contributed by atoms with Gasteiger partial charge in [0, 0.05) is 6.54 Å². The lowest BCUT2D eigenvalue weighted by molar-refractivity contribution is -0.143. The Morgan fingerprint density at radius 1 is 1.15 bits per heavy atom. The number of nitrogens with one attached hydrogen (secondary N) is 2. The third-order valence-corrected chi connectivity index (χ3v) is 5.77. The number of carbonyl (C=O) groups is 2. The Labute approximate surface area is 120 Å². The second-order valence-corrected chi connectivity index (χ2v) is 8.67. The van der Waals surface area contributed by atoms with Gasteiger partial charge in [0.25, 0.3) is 0 Å². The Hall–Kier alpha value is -1.31. The molecule has 0 aliphatic heterocycles. The smallest absolute Gasteiger partial charge is 0.329 e. The van der Waals surface area contributed by atoms with Crippen LogP contribution < -0.4 is 10.6 Å². The third kappa shape index (κ3) is 4.99. The summed E-state index contributed by atoms with van der Waals surface area (Å²) in [5, 5.41) is 13.7. The first-order valence-corrected chi connectivity index (χ1v) is 8.02. The summed E-state index contributed by atoms with van der Waals surface area (Å²) in [6.07, 6.45) is 0.218. The molecule has 3 N–H and O–H groups in total. The zero-order valence-electron chi connectivity index (χ0n) is 12.6. The van der Waals surface area contributed by atoms with Gasteiger partial charge >= 0.3 is 12.0 Å². The van der Waals surface area contributed by atoms with Gasteiger partial charge in [0.1, 0.15) is 5.54 Å². The van der Waals surface area contributed by atoms with Crippen molar-refractivity contribution < 1.29 is 23.1 Å². The Morgan fingerprint density at radius 3 is 2.00 bits per heavy atom. The molecule has 0 rings (SSSR count). The van der Waals surface area contributed by atoms with Gasteiger partial charge in [0.2, 0.25) is 0 Å². The highest BCUT2D eigenvalue weighted by Crippen LogP contribution is 2.15. The molecule has 1 unspecified atom stereocenters. The minimum Gasteiger partial charge on any atom is -0.480 e. The molecule has 2 amide bonds. The highest BCUT2D eigenvalue weighted by molar-refractivity contribution is 7.92. The van der Waals surface area contributed by atoms with Crippen molar-refractivity contribution >= 4 is 21.8 Å². The van der Waals surface area contributed by atoms with Gasteiger partial charge in [-0.15, -0.1) is 0 Å². The number of hydrogen-bond donors (Lipinski definition) is 3. The third-order valence-electron chi connectivity index (χ3n) is 3.16. The highest BCUT2D eigenvalue weighted by atomic mass is 32.2. The van der Waals surface area contributed by atoms with Crippen molar-refractivity contribution in [2.24, 2.45) is 0 Å². The molecule has 8 heteroatoms. The molecule has 0 heterocycles. The van der Waals surface area contributed by atoms with Crippen LogP contribution in [0.3, 0.4) is 0 Å². The van der Waals surface area contributed by atoms with Gasteiger partial charge in [-0.25, -0.2) is 18.0 Å². The van der Waals surface area contributed by atoms with Gasteiger partial charge in [-0.2, -0.15) is 0 Å². The molecule has 20 heavy (non-hydrogen) atoms. The lowest BCUT2D eigenvalue weighted by atomic mass is 10.00. The number of rotatable bonds is 6. The van der Waals surface area contributed by atoms with Crippen LogP contribution >= 0.6 is 0 Å². The molecule has 0 radical (unpaired) electrons. The SMILES string of the molecule is CCC(C)(NC(=O)NCCS(=O)(=O)C(C)(C)C)C(=O)O. The fourth-order valence-electron chi connectivity index (χ4n) is 1.19. The van der Waals surface area contributed by atoms with Gasteiger partial charge in [-0.3, -0.25) is 0 Å². The Kier molecular flexibility index (Phi) is 6.01. The van der Waals surface area contributed by atoms with E-state index in [9.17, 15) is 18.0 Å². The van der Waals surface area contributed by atoms with Gasteiger partial charge in [-0.05, 0) is 34.1 Å². The molecule has 118 valence electrons. The van der Waals surface area contributed by atoms with Gasteiger partial charge in [-0.1, -0.05) is 6.92 Å². The molecule has 0 aromatic heterocycles. The number of carbonyl (C=O) groups excluding carboxylic acids is 1. The first kappa shape index (κ1) is 18.7. The van der Waals surface area contributed by atoms with Crippen LogP contribution in [0.5, 0.6) is 0 Å². The predicted molar refractivity (Wildman–Crippen MR) is 76.4 cm³/mol. The van der Waals surface area contributed by atoms with E-state index >= 15 is 0 Å². The van der Waals surface area contributed by atoms with Crippen LogP contribution in [0.2, 0.25) is 0 Å². The van der Waals surface area contributed by atoms with Gasteiger partial charge < -0.3 is 15.7 Å². The quantitative estimate of drug-likeness (QED) is 0.670. The average molecular weight is 308 g/mol. The summed E-state index contributed by atoms with van der Waals surface area (Å²) in [6, 6.07) is -0.694. The van der Waals surface area contributed by atoms with Crippen molar-refractivity contribution in [2.75, 3.05) is 12.3 Å². The van der Waals surface area contributed by atoms with Crippen LogP contribution in [0.1, 0.15) is 41.0 Å². The number of urea groups is 1. The summed E-state index contributed by atoms with van der Waals surface area (Å²) in [5.74, 6) is -1.34. The van der Waals surface area contributed by atoms with Crippen LogP contribution in [0, 0.1) is 0 Å². The Balaban J connectivity index is 4.44. The topological polar surface area (TPSA) is 113 Å². The molecular formula is C12H24N2O5S. The summed E-state index contributed by atoms with van der Waals surface area (Å²) in [5.41, 5.74) is -1.37. The maximum Gasteiger partial charge on any atom is 0.329 e. The Morgan fingerprint density at radius 2 is 1.65 bits per heavy atom. The van der Waals surface area contributed by atoms with Crippen molar-refractivity contribution in [1.29, 1.82) is 0 Å². The summed E-state index contributed by atoms with van der Waals surface area (Å²) >= 11 is 0. The molecule has 0 bridgehead atoms. The average Bonchev–Trinajstić information content (AvgIpc) is 2.26. The largest absolute Gasteiger partial charge is 0.480 e. The molecular weight excluding hydrogens is 284 g/mol. The van der Waals surface area contributed by atoms with Crippen molar-refractivity contribution in [3.05, 3.63) is 0 Å². The first-order chi connectivity index (χ1) is 8.85. The molecule has 0 spiro atoms. The van der Waals surface area contributed by atoms with E-state index in [0.717, 1.165) is 0 Å². The number of amides is 2. The van der Waals surface area contributed by atoms with Gasteiger partial charge in [0.15, 0.2) is 9.84 Å². The number of carboxylic acids is 1. The maximum atomic E-state index is 11.8.